The van der Waals surface area contributed by atoms with Gasteiger partial charge in [0.05, 0.1) is 18.4 Å². The lowest BCUT2D eigenvalue weighted by atomic mass is 9.89. The normalized spacial score (nSPS) is 21.1. The quantitative estimate of drug-likeness (QED) is 0.889. The van der Waals surface area contributed by atoms with Crippen LogP contribution >= 0.6 is 0 Å². The molecule has 1 aliphatic heterocycles. The minimum absolute atomic E-state index is 0.211. The number of benzene rings is 1. The summed E-state index contributed by atoms with van der Waals surface area (Å²) in [5.41, 5.74) is 1.61. The molecule has 2 N–H and O–H groups in total. The van der Waals surface area contributed by atoms with Crippen LogP contribution in [0.15, 0.2) is 36.7 Å². The molecule has 6 nitrogen and oxygen atoms in total. The number of anilines is 1. The van der Waals surface area contributed by atoms with Crippen molar-refractivity contribution < 1.29 is 9.90 Å². The van der Waals surface area contributed by atoms with E-state index in [1.807, 2.05) is 31.2 Å². The van der Waals surface area contributed by atoms with E-state index in [-0.39, 0.29) is 6.03 Å². The van der Waals surface area contributed by atoms with E-state index in [0.717, 1.165) is 11.1 Å². The Labute approximate surface area is 129 Å². The molecule has 2 amide bonds. The first-order chi connectivity index (χ1) is 10.5. The molecular weight excluding hydrogens is 280 g/mol. The molecule has 0 bridgehead atoms. The van der Waals surface area contributed by atoms with E-state index in [1.165, 1.54) is 0 Å². The van der Waals surface area contributed by atoms with Crippen molar-refractivity contribution in [3.05, 3.63) is 47.8 Å². The number of likely N-dealkylation sites (tertiary alicyclic amines) is 1. The SMILES string of the molecule is Cc1ccccc1C1(O)CCN(C(=O)Nc2cnn(C)c2)C1. The third kappa shape index (κ3) is 2.69. The molecule has 116 valence electrons. The number of carbonyl (C=O) groups is 1. The maximum Gasteiger partial charge on any atom is 0.322 e. The van der Waals surface area contributed by atoms with E-state index in [2.05, 4.69) is 10.4 Å². The van der Waals surface area contributed by atoms with Gasteiger partial charge in [0.1, 0.15) is 5.60 Å². The number of amides is 2. The summed E-state index contributed by atoms with van der Waals surface area (Å²) in [6.07, 6.45) is 3.88. The van der Waals surface area contributed by atoms with Crippen molar-refractivity contribution in [1.29, 1.82) is 0 Å². The van der Waals surface area contributed by atoms with Crippen LogP contribution < -0.4 is 5.32 Å². The number of aryl methyl sites for hydroxylation is 2. The summed E-state index contributed by atoms with van der Waals surface area (Å²) in [5.74, 6) is 0. The van der Waals surface area contributed by atoms with Gasteiger partial charge in [-0.05, 0) is 24.5 Å². The molecule has 0 aliphatic carbocycles. The summed E-state index contributed by atoms with van der Waals surface area (Å²) >= 11 is 0. The first kappa shape index (κ1) is 14.6. The van der Waals surface area contributed by atoms with Gasteiger partial charge in [0.25, 0.3) is 0 Å². The fraction of sp³-hybridized carbons (Fsp3) is 0.375. The van der Waals surface area contributed by atoms with E-state index < -0.39 is 5.60 Å². The molecule has 2 aromatic rings. The molecule has 0 radical (unpaired) electrons. The van der Waals surface area contributed by atoms with E-state index in [0.29, 0.717) is 25.2 Å². The summed E-state index contributed by atoms with van der Waals surface area (Å²) in [4.78, 5) is 13.9. The molecule has 1 aromatic heterocycles. The highest BCUT2D eigenvalue weighted by Crippen LogP contribution is 2.33. The summed E-state index contributed by atoms with van der Waals surface area (Å²) in [6, 6.07) is 7.56. The Kier molecular flexibility index (Phi) is 3.62. The van der Waals surface area contributed by atoms with Gasteiger partial charge in [0.2, 0.25) is 0 Å². The van der Waals surface area contributed by atoms with Crippen LogP contribution in [-0.4, -0.2) is 38.9 Å². The molecule has 6 heteroatoms. The Hall–Kier alpha value is -2.34. The molecule has 0 saturated carbocycles. The molecule has 3 rings (SSSR count). The maximum atomic E-state index is 12.3. The minimum atomic E-state index is -0.975. The summed E-state index contributed by atoms with van der Waals surface area (Å²) < 4.78 is 1.63. The average molecular weight is 300 g/mol. The van der Waals surface area contributed by atoms with Crippen LogP contribution in [0.5, 0.6) is 0 Å². The molecule has 1 aromatic carbocycles. The van der Waals surface area contributed by atoms with Gasteiger partial charge in [-0.15, -0.1) is 0 Å². The first-order valence-corrected chi connectivity index (χ1v) is 7.31. The van der Waals surface area contributed by atoms with E-state index in [4.69, 9.17) is 0 Å². The monoisotopic (exact) mass is 300 g/mol. The number of aliphatic hydroxyl groups is 1. The van der Waals surface area contributed by atoms with Gasteiger partial charge in [0, 0.05) is 19.8 Å². The van der Waals surface area contributed by atoms with Crippen molar-refractivity contribution in [3.63, 3.8) is 0 Å². The molecule has 0 spiro atoms. The van der Waals surface area contributed by atoms with Gasteiger partial charge in [-0.2, -0.15) is 5.10 Å². The molecule has 1 aliphatic rings. The van der Waals surface area contributed by atoms with Gasteiger partial charge in [-0.25, -0.2) is 4.79 Å². The molecule has 1 saturated heterocycles. The van der Waals surface area contributed by atoms with Crippen molar-refractivity contribution in [3.8, 4) is 0 Å². The van der Waals surface area contributed by atoms with Crippen molar-refractivity contribution in [1.82, 2.24) is 14.7 Å². The zero-order valence-corrected chi connectivity index (χ0v) is 12.8. The number of nitrogens with one attached hydrogen (secondary N) is 1. The second kappa shape index (κ2) is 5.46. The van der Waals surface area contributed by atoms with Gasteiger partial charge < -0.3 is 15.3 Å². The third-order valence-electron chi connectivity index (χ3n) is 4.14. The lowest BCUT2D eigenvalue weighted by Crippen LogP contribution is -2.37. The summed E-state index contributed by atoms with van der Waals surface area (Å²) in [5, 5.41) is 17.7. The molecule has 1 unspecified atom stereocenters. The second-order valence-corrected chi connectivity index (χ2v) is 5.85. The van der Waals surface area contributed by atoms with Crippen LogP contribution in [0.2, 0.25) is 0 Å². The van der Waals surface area contributed by atoms with Gasteiger partial charge in [-0.3, -0.25) is 4.68 Å². The van der Waals surface area contributed by atoms with Crippen LogP contribution in [0, 0.1) is 6.92 Å². The molecule has 1 atom stereocenters. The molecule has 2 heterocycles. The lowest BCUT2D eigenvalue weighted by Gasteiger charge is -2.25. The zero-order chi connectivity index (χ0) is 15.7. The number of carbonyl (C=O) groups excluding carboxylic acids is 1. The van der Waals surface area contributed by atoms with E-state index in [1.54, 1.807) is 29.0 Å². The Balaban J connectivity index is 1.71. The number of hydrogen-bond acceptors (Lipinski definition) is 3. The lowest BCUT2D eigenvalue weighted by molar-refractivity contribution is 0.0494. The van der Waals surface area contributed by atoms with Crippen LogP contribution in [0.1, 0.15) is 17.5 Å². The summed E-state index contributed by atoms with van der Waals surface area (Å²) in [6.45, 7) is 2.80. The highest BCUT2D eigenvalue weighted by molar-refractivity contribution is 5.89. The highest BCUT2D eigenvalue weighted by atomic mass is 16.3. The van der Waals surface area contributed by atoms with Crippen molar-refractivity contribution in [2.45, 2.75) is 18.9 Å². The number of urea groups is 1. The zero-order valence-electron chi connectivity index (χ0n) is 12.8. The fourth-order valence-electron chi connectivity index (χ4n) is 2.97. The minimum Gasteiger partial charge on any atom is -0.383 e. The number of nitrogens with zero attached hydrogens (tertiary/aromatic N) is 3. The Morgan fingerprint density at radius 1 is 1.41 bits per heavy atom. The predicted octanol–water partition coefficient (Wildman–Crippen LogP) is 1.85. The first-order valence-electron chi connectivity index (χ1n) is 7.31. The second-order valence-electron chi connectivity index (χ2n) is 5.85. The highest BCUT2D eigenvalue weighted by Gasteiger charge is 2.40. The van der Waals surface area contributed by atoms with E-state index in [9.17, 15) is 9.90 Å². The summed E-state index contributed by atoms with van der Waals surface area (Å²) in [7, 11) is 1.79. The van der Waals surface area contributed by atoms with E-state index >= 15 is 0 Å². The number of rotatable bonds is 2. The van der Waals surface area contributed by atoms with Crippen LogP contribution in [-0.2, 0) is 12.6 Å². The van der Waals surface area contributed by atoms with Crippen molar-refractivity contribution in [2.75, 3.05) is 18.4 Å². The predicted molar refractivity (Wildman–Crippen MR) is 83.5 cm³/mol. The third-order valence-corrected chi connectivity index (χ3v) is 4.14. The van der Waals surface area contributed by atoms with Gasteiger partial charge in [-0.1, -0.05) is 24.3 Å². The number of aromatic nitrogens is 2. The average Bonchev–Trinajstić information content (AvgIpc) is 3.06. The molecule has 22 heavy (non-hydrogen) atoms. The van der Waals surface area contributed by atoms with Gasteiger partial charge >= 0.3 is 6.03 Å². The molecular formula is C16H20N4O2. The number of β-amino-alcohol motifs (C(OH)–C–C–N with tert-alkyl or cyclic N) is 1. The maximum absolute atomic E-state index is 12.3. The fourth-order valence-corrected chi connectivity index (χ4v) is 2.97. The smallest absolute Gasteiger partial charge is 0.322 e. The van der Waals surface area contributed by atoms with Crippen LogP contribution in [0.4, 0.5) is 10.5 Å². The Morgan fingerprint density at radius 3 is 2.86 bits per heavy atom. The Bertz CT molecular complexity index is 697. The Morgan fingerprint density at radius 2 is 2.18 bits per heavy atom. The van der Waals surface area contributed by atoms with Crippen molar-refractivity contribution >= 4 is 11.7 Å². The largest absolute Gasteiger partial charge is 0.383 e. The number of hydrogen-bond donors (Lipinski definition) is 2. The van der Waals surface area contributed by atoms with Crippen LogP contribution in [0.25, 0.3) is 0 Å². The standard InChI is InChI=1S/C16H20N4O2/c1-12-5-3-4-6-14(12)16(22)7-8-20(11-16)15(21)18-13-9-17-19(2)10-13/h3-6,9-10,22H,7-8,11H2,1-2H3,(H,18,21). The van der Waals surface area contributed by atoms with Crippen molar-refractivity contribution in [2.24, 2.45) is 7.05 Å². The topological polar surface area (TPSA) is 70.4 Å². The van der Waals surface area contributed by atoms with Crippen LogP contribution in [0.3, 0.4) is 0 Å². The van der Waals surface area contributed by atoms with Gasteiger partial charge in [0.15, 0.2) is 0 Å². The molecule has 1 fully saturated rings.